The maximum Gasteiger partial charge on any atom is 0.356 e. The first-order chi connectivity index (χ1) is 16.1. The third kappa shape index (κ3) is 7.64. The average molecular weight is 506 g/mol. The Labute approximate surface area is 213 Å². The Kier molecular flexibility index (Phi) is 11.2. The lowest BCUT2D eigenvalue weighted by Crippen LogP contribution is -2.44. The molecule has 2 rings (SSSR count). The van der Waals surface area contributed by atoms with Crippen molar-refractivity contribution in [1.82, 2.24) is 0 Å². The van der Waals surface area contributed by atoms with E-state index in [1.54, 1.807) is 19.9 Å². The van der Waals surface area contributed by atoms with Gasteiger partial charge in [-0.3, -0.25) is 4.79 Å². The van der Waals surface area contributed by atoms with Crippen molar-refractivity contribution in [3.8, 4) is 0 Å². The highest BCUT2D eigenvalue weighted by molar-refractivity contribution is 8.38. The molecule has 3 unspecified atom stereocenters. The van der Waals surface area contributed by atoms with Gasteiger partial charge in [-0.1, -0.05) is 57.5 Å². The molecule has 1 aromatic carbocycles. The summed E-state index contributed by atoms with van der Waals surface area (Å²) in [5.41, 5.74) is 1.27. The van der Waals surface area contributed by atoms with E-state index in [0.29, 0.717) is 5.92 Å². The number of rotatable bonds is 8. The molecule has 1 aliphatic carbocycles. The van der Waals surface area contributed by atoms with Crippen LogP contribution in [0.1, 0.15) is 59.4 Å². The topological polar surface area (TPSA) is 65.0 Å². The van der Waals surface area contributed by atoms with Gasteiger partial charge in [0.05, 0.1) is 12.5 Å². The second kappa shape index (κ2) is 13.4. The quantitative estimate of drug-likeness (QED) is 0.174. The predicted molar refractivity (Wildman–Crippen MR) is 144 cm³/mol. The number of benzene rings is 1. The van der Waals surface area contributed by atoms with E-state index in [-0.39, 0.29) is 35.7 Å². The normalized spacial score (nSPS) is 22.0. The molecule has 1 saturated carbocycles. The second-order valence-corrected chi connectivity index (χ2v) is 11.3. The van der Waals surface area contributed by atoms with Gasteiger partial charge in [0.1, 0.15) is 16.2 Å². The lowest BCUT2D eigenvalue weighted by molar-refractivity contribution is -0.159. The van der Waals surface area contributed by atoms with Crippen molar-refractivity contribution in [3.05, 3.63) is 47.7 Å². The minimum absolute atomic E-state index is 0.128. The summed E-state index contributed by atoms with van der Waals surface area (Å²) in [6.07, 6.45) is 8.16. The van der Waals surface area contributed by atoms with Crippen molar-refractivity contribution in [2.24, 2.45) is 22.7 Å². The highest BCUT2D eigenvalue weighted by Gasteiger charge is 2.42. The smallest absolute Gasteiger partial charge is 0.356 e. The standard InChI is InChI=1S/C27H39NO4S2/c1-8-31-25(30)22(28-26(33-6)34-7)17-19(3)24(29)32-23-16-18(2)14-15-21(23)27(4,5)20-12-10-9-11-13-20/h9-13,17-19,21,23H,8,14-16H2,1-7H3/b22-17-/t18?,19-,21?,23?/m0/s1. The lowest BCUT2D eigenvalue weighted by atomic mass is 9.64. The number of hydrogen-bond acceptors (Lipinski definition) is 7. The number of carbonyl (C=O) groups is 2. The SMILES string of the molecule is CCOC(=O)/C(=C/[C@H](C)C(=O)OC1CC(C)CCC1C(C)(C)c1ccccc1)N=C(SC)SC. The van der Waals surface area contributed by atoms with Gasteiger partial charge in [-0.05, 0) is 62.2 Å². The molecular weight excluding hydrogens is 466 g/mol. The summed E-state index contributed by atoms with van der Waals surface area (Å²) in [6, 6.07) is 10.5. The molecule has 0 aromatic heterocycles. The predicted octanol–water partition coefficient (Wildman–Crippen LogP) is 6.48. The van der Waals surface area contributed by atoms with Gasteiger partial charge in [0.25, 0.3) is 0 Å². The number of thioether (sulfide) groups is 2. The van der Waals surface area contributed by atoms with Gasteiger partial charge < -0.3 is 9.47 Å². The van der Waals surface area contributed by atoms with E-state index in [9.17, 15) is 9.59 Å². The number of esters is 2. The van der Waals surface area contributed by atoms with Gasteiger partial charge in [0, 0.05) is 5.92 Å². The fourth-order valence-electron chi connectivity index (χ4n) is 4.56. The molecule has 0 saturated heterocycles. The molecule has 7 heteroatoms. The van der Waals surface area contributed by atoms with Crippen molar-refractivity contribution in [3.63, 3.8) is 0 Å². The zero-order valence-corrected chi connectivity index (χ0v) is 23.1. The van der Waals surface area contributed by atoms with E-state index >= 15 is 0 Å². The van der Waals surface area contributed by atoms with Crippen molar-refractivity contribution in [2.75, 3.05) is 19.1 Å². The van der Waals surface area contributed by atoms with Crippen LogP contribution in [0.3, 0.4) is 0 Å². The lowest BCUT2D eigenvalue weighted by Gasteiger charge is -2.44. The van der Waals surface area contributed by atoms with Gasteiger partial charge in [-0.25, -0.2) is 9.79 Å². The van der Waals surface area contributed by atoms with Crippen LogP contribution < -0.4 is 0 Å². The van der Waals surface area contributed by atoms with Gasteiger partial charge in [0.2, 0.25) is 0 Å². The third-order valence-corrected chi connectivity index (χ3v) is 8.47. The minimum Gasteiger partial charge on any atom is -0.462 e. The molecule has 0 radical (unpaired) electrons. The molecule has 1 aliphatic rings. The molecule has 0 spiro atoms. The third-order valence-electron chi connectivity index (χ3n) is 6.59. The van der Waals surface area contributed by atoms with Crippen LogP contribution in [0.2, 0.25) is 0 Å². The molecule has 0 amide bonds. The Hall–Kier alpha value is -1.73. The van der Waals surface area contributed by atoms with Gasteiger partial charge in [-0.2, -0.15) is 0 Å². The van der Waals surface area contributed by atoms with Crippen molar-refractivity contribution in [2.45, 2.75) is 65.4 Å². The van der Waals surface area contributed by atoms with E-state index < -0.39 is 11.9 Å². The second-order valence-electron chi connectivity index (χ2n) is 9.43. The van der Waals surface area contributed by atoms with Gasteiger partial charge in [0.15, 0.2) is 0 Å². The van der Waals surface area contributed by atoms with Crippen molar-refractivity contribution >= 4 is 39.8 Å². The van der Waals surface area contributed by atoms with Gasteiger partial charge in [-0.15, -0.1) is 23.5 Å². The maximum atomic E-state index is 13.2. The Morgan fingerprint density at radius 3 is 2.41 bits per heavy atom. The van der Waals surface area contributed by atoms with Crippen LogP contribution in [-0.2, 0) is 24.5 Å². The molecule has 0 N–H and O–H groups in total. The Bertz CT molecular complexity index is 876. The van der Waals surface area contributed by atoms with Crippen molar-refractivity contribution in [1.29, 1.82) is 0 Å². The monoisotopic (exact) mass is 505 g/mol. The number of aliphatic imine (C=N–C) groups is 1. The molecule has 5 nitrogen and oxygen atoms in total. The molecule has 1 fully saturated rings. The number of ether oxygens (including phenoxy) is 2. The first kappa shape index (κ1) is 28.5. The number of nitrogens with zero attached hydrogens (tertiary/aromatic N) is 1. The zero-order valence-electron chi connectivity index (χ0n) is 21.5. The summed E-state index contributed by atoms with van der Waals surface area (Å²) in [5, 5.41) is 0. The maximum absolute atomic E-state index is 13.2. The molecule has 4 atom stereocenters. The molecule has 1 aromatic rings. The van der Waals surface area contributed by atoms with E-state index in [0.717, 1.165) is 23.6 Å². The van der Waals surface area contributed by atoms with E-state index in [1.165, 1.54) is 29.1 Å². The highest BCUT2D eigenvalue weighted by atomic mass is 32.2. The summed E-state index contributed by atoms with van der Waals surface area (Å²) >= 11 is 2.89. The summed E-state index contributed by atoms with van der Waals surface area (Å²) in [5.74, 6) is -0.770. The summed E-state index contributed by atoms with van der Waals surface area (Å²) < 4.78 is 12.0. The fourth-order valence-corrected chi connectivity index (χ4v) is 5.60. The number of hydrogen-bond donors (Lipinski definition) is 0. The number of carbonyl (C=O) groups excluding carboxylic acids is 2. The summed E-state index contributed by atoms with van der Waals surface area (Å²) in [7, 11) is 0. The van der Waals surface area contributed by atoms with Crippen LogP contribution in [-0.4, -0.2) is 41.5 Å². The zero-order chi connectivity index (χ0) is 25.3. The van der Waals surface area contributed by atoms with Crippen LogP contribution in [0.4, 0.5) is 0 Å². The first-order valence-corrected chi connectivity index (χ1v) is 14.4. The molecule has 0 aliphatic heterocycles. The summed E-state index contributed by atoms with van der Waals surface area (Å²) in [4.78, 5) is 30.1. The average Bonchev–Trinajstić information content (AvgIpc) is 2.82. The Morgan fingerprint density at radius 2 is 1.82 bits per heavy atom. The van der Waals surface area contributed by atoms with Gasteiger partial charge >= 0.3 is 11.9 Å². The summed E-state index contributed by atoms with van der Waals surface area (Å²) in [6.45, 7) is 10.4. The van der Waals surface area contributed by atoms with E-state index in [2.05, 4.69) is 50.0 Å². The Morgan fingerprint density at radius 1 is 1.18 bits per heavy atom. The highest BCUT2D eigenvalue weighted by Crippen LogP contribution is 2.43. The molecule has 188 valence electrons. The Balaban J connectivity index is 2.26. The van der Waals surface area contributed by atoms with E-state index in [1.807, 2.05) is 18.6 Å². The first-order valence-electron chi connectivity index (χ1n) is 12.0. The van der Waals surface area contributed by atoms with E-state index in [4.69, 9.17) is 9.47 Å². The molecule has 0 bridgehead atoms. The largest absolute Gasteiger partial charge is 0.462 e. The van der Waals surface area contributed by atoms with Crippen LogP contribution in [0.25, 0.3) is 0 Å². The van der Waals surface area contributed by atoms with Crippen LogP contribution in [0, 0.1) is 17.8 Å². The van der Waals surface area contributed by atoms with Crippen LogP contribution in [0.15, 0.2) is 47.1 Å². The molecule has 34 heavy (non-hydrogen) atoms. The van der Waals surface area contributed by atoms with Crippen LogP contribution in [0.5, 0.6) is 0 Å². The fraction of sp³-hybridized carbons (Fsp3) is 0.593. The molecular formula is C27H39NO4S2. The molecule has 0 heterocycles. The van der Waals surface area contributed by atoms with Crippen molar-refractivity contribution < 1.29 is 19.1 Å². The minimum atomic E-state index is -0.620. The van der Waals surface area contributed by atoms with Crippen LogP contribution >= 0.6 is 23.5 Å².